The van der Waals surface area contributed by atoms with E-state index in [9.17, 15) is 4.79 Å². The van der Waals surface area contributed by atoms with Gasteiger partial charge in [-0.3, -0.25) is 4.79 Å². The van der Waals surface area contributed by atoms with Crippen molar-refractivity contribution < 1.29 is 14.3 Å². The Morgan fingerprint density at radius 2 is 1.81 bits per heavy atom. The van der Waals surface area contributed by atoms with Gasteiger partial charge in [0.25, 0.3) is 5.91 Å². The third-order valence-corrected chi connectivity index (χ3v) is 4.08. The maximum absolute atomic E-state index is 12.4. The van der Waals surface area contributed by atoms with Crippen molar-refractivity contribution in [2.75, 3.05) is 24.9 Å². The van der Waals surface area contributed by atoms with Crippen LogP contribution in [0.15, 0.2) is 60.8 Å². The molecule has 0 fully saturated rings. The lowest BCUT2D eigenvalue weighted by molar-refractivity contribution is 0.102. The van der Waals surface area contributed by atoms with Crippen LogP contribution in [0.3, 0.4) is 0 Å². The fourth-order valence-corrected chi connectivity index (χ4v) is 2.62. The summed E-state index contributed by atoms with van der Waals surface area (Å²) in [5.41, 5.74) is 3.06. The maximum Gasteiger partial charge on any atom is 0.257 e. The highest BCUT2D eigenvalue weighted by Gasteiger charge is 2.10. The Labute approximate surface area is 158 Å². The highest BCUT2D eigenvalue weighted by molar-refractivity contribution is 6.04. The molecule has 2 N–H and O–H groups in total. The summed E-state index contributed by atoms with van der Waals surface area (Å²) in [6.07, 6.45) is 1.65. The average molecular weight is 363 g/mol. The Morgan fingerprint density at radius 1 is 1.00 bits per heavy atom. The Kier molecular flexibility index (Phi) is 5.56. The normalized spacial score (nSPS) is 10.2. The minimum Gasteiger partial charge on any atom is -0.497 e. The molecule has 6 heteroatoms. The molecule has 138 valence electrons. The van der Waals surface area contributed by atoms with Crippen molar-refractivity contribution in [3.05, 3.63) is 71.9 Å². The maximum atomic E-state index is 12.4. The van der Waals surface area contributed by atoms with Gasteiger partial charge in [0.2, 0.25) is 0 Å². The molecule has 0 saturated heterocycles. The lowest BCUT2D eigenvalue weighted by Gasteiger charge is -2.13. The van der Waals surface area contributed by atoms with Gasteiger partial charge in [-0.25, -0.2) is 4.98 Å². The van der Waals surface area contributed by atoms with Crippen molar-refractivity contribution in [1.29, 1.82) is 0 Å². The standard InChI is InChI=1S/C21H21N3O3/c1-14-6-4-5-7-17(14)21(25)24-20-11-8-15(13-22-20)23-18-12-16(26-2)9-10-19(18)27-3/h4-13,23H,1-3H3,(H,22,24,25). The number of hydrogen-bond acceptors (Lipinski definition) is 5. The van der Waals surface area contributed by atoms with Crippen LogP contribution >= 0.6 is 0 Å². The van der Waals surface area contributed by atoms with Gasteiger partial charge in [-0.05, 0) is 42.8 Å². The smallest absolute Gasteiger partial charge is 0.257 e. The number of anilines is 3. The third kappa shape index (κ3) is 4.36. The molecule has 3 aromatic rings. The van der Waals surface area contributed by atoms with Crippen LogP contribution in [0.4, 0.5) is 17.2 Å². The Morgan fingerprint density at radius 3 is 2.48 bits per heavy atom. The molecule has 1 heterocycles. The topological polar surface area (TPSA) is 72.5 Å². The lowest BCUT2D eigenvalue weighted by atomic mass is 10.1. The molecule has 0 saturated carbocycles. The Bertz CT molecular complexity index is 940. The molecule has 0 unspecified atom stereocenters. The number of aromatic nitrogens is 1. The van der Waals surface area contributed by atoms with Crippen LogP contribution in [0.25, 0.3) is 0 Å². The highest BCUT2D eigenvalue weighted by Crippen LogP contribution is 2.31. The number of methoxy groups -OCH3 is 2. The number of nitrogens with one attached hydrogen (secondary N) is 2. The van der Waals surface area contributed by atoms with Crippen molar-refractivity contribution in [2.24, 2.45) is 0 Å². The fourth-order valence-electron chi connectivity index (χ4n) is 2.62. The van der Waals surface area contributed by atoms with E-state index in [0.717, 1.165) is 16.9 Å². The number of nitrogens with zero attached hydrogens (tertiary/aromatic N) is 1. The predicted octanol–water partition coefficient (Wildman–Crippen LogP) is 4.40. The zero-order valence-electron chi connectivity index (χ0n) is 15.4. The number of hydrogen-bond donors (Lipinski definition) is 2. The zero-order chi connectivity index (χ0) is 19.2. The first kappa shape index (κ1) is 18.3. The van der Waals surface area contributed by atoms with Gasteiger partial charge in [0, 0.05) is 11.6 Å². The van der Waals surface area contributed by atoms with Gasteiger partial charge < -0.3 is 20.1 Å². The van der Waals surface area contributed by atoms with Gasteiger partial charge in [-0.1, -0.05) is 18.2 Å². The predicted molar refractivity (Wildman–Crippen MR) is 106 cm³/mol. The van der Waals surface area contributed by atoms with E-state index in [2.05, 4.69) is 15.6 Å². The summed E-state index contributed by atoms with van der Waals surface area (Å²) >= 11 is 0. The molecule has 6 nitrogen and oxygen atoms in total. The number of amides is 1. The molecular formula is C21H21N3O3. The van der Waals surface area contributed by atoms with Crippen LogP contribution in [0.2, 0.25) is 0 Å². The Balaban J connectivity index is 1.73. The largest absolute Gasteiger partial charge is 0.497 e. The van der Waals surface area contributed by atoms with Gasteiger partial charge in [0.1, 0.15) is 17.3 Å². The number of pyridine rings is 1. The quantitative estimate of drug-likeness (QED) is 0.679. The number of aryl methyl sites for hydroxylation is 1. The number of carbonyl (C=O) groups excluding carboxylic acids is 1. The van der Waals surface area contributed by atoms with Gasteiger partial charge in [-0.2, -0.15) is 0 Å². The number of ether oxygens (including phenoxy) is 2. The number of carbonyl (C=O) groups is 1. The summed E-state index contributed by atoms with van der Waals surface area (Å²) in [6, 6.07) is 16.5. The van der Waals surface area contributed by atoms with Crippen LogP contribution < -0.4 is 20.1 Å². The molecule has 1 amide bonds. The van der Waals surface area contributed by atoms with Crippen molar-refractivity contribution in [3.63, 3.8) is 0 Å². The molecule has 0 aliphatic heterocycles. The van der Waals surface area contributed by atoms with Crippen molar-refractivity contribution in [1.82, 2.24) is 4.98 Å². The van der Waals surface area contributed by atoms with Crippen LogP contribution in [0.1, 0.15) is 15.9 Å². The van der Waals surface area contributed by atoms with Crippen LogP contribution in [-0.4, -0.2) is 25.1 Å². The van der Waals surface area contributed by atoms with Crippen LogP contribution in [-0.2, 0) is 0 Å². The molecule has 0 radical (unpaired) electrons. The van der Waals surface area contributed by atoms with E-state index in [4.69, 9.17) is 9.47 Å². The first-order valence-electron chi connectivity index (χ1n) is 8.43. The summed E-state index contributed by atoms with van der Waals surface area (Å²) in [7, 11) is 3.22. The molecule has 27 heavy (non-hydrogen) atoms. The van der Waals surface area contributed by atoms with E-state index >= 15 is 0 Å². The fraction of sp³-hybridized carbons (Fsp3) is 0.143. The molecule has 0 aliphatic rings. The molecule has 0 atom stereocenters. The van der Waals surface area contributed by atoms with E-state index < -0.39 is 0 Å². The summed E-state index contributed by atoms with van der Waals surface area (Å²) < 4.78 is 10.6. The molecule has 3 rings (SSSR count). The zero-order valence-corrected chi connectivity index (χ0v) is 15.4. The molecule has 0 spiro atoms. The van der Waals surface area contributed by atoms with Crippen molar-refractivity contribution in [2.45, 2.75) is 6.92 Å². The number of benzene rings is 2. The van der Waals surface area contributed by atoms with Crippen LogP contribution in [0, 0.1) is 6.92 Å². The second-order valence-electron chi connectivity index (χ2n) is 5.89. The van der Waals surface area contributed by atoms with Gasteiger partial charge in [-0.15, -0.1) is 0 Å². The van der Waals surface area contributed by atoms with Crippen molar-refractivity contribution >= 4 is 23.1 Å². The molecule has 0 aliphatic carbocycles. The highest BCUT2D eigenvalue weighted by atomic mass is 16.5. The van der Waals surface area contributed by atoms with Crippen molar-refractivity contribution in [3.8, 4) is 11.5 Å². The first-order chi connectivity index (χ1) is 13.1. The second kappa shape index (κ2) is 8.23. The van der Waals surface area contributed by atoms with E-state index in [1.165, 1.54) is 0 Å². The first-order valence-corrected chi connectivity index (χ1v) is 8.43. The van der Waals surface area contributed by atoms with E-state index in [-0.39, 0.29) is 5.91 Å². The minimum atomic E-state index is -0.184. The summed E-state index contributed by atoms with van der Waals surface area (Å²) in [5.74, 6) is 1.70. The molecule has 2 aromatic carbocycles. The monoisotopic (exact) mass is 363 g/mol. The number of rotatable bonds is 6. The van der Waals surface area contributed by atoms with E-state index in [0.29, 0.717) is 22.9 Å². The summed E-state index contributed by atoms with van der Waals surface area (Å²) in [5, 5.41) is 6.05. The van der Waals surface area contributed by atoms with E-state index in [1.807, 2.05) is 49.4 Å². The molecule has 0 bridgehead atoms. The second-order valence-corrected chi connectivity index (χ2v) is 5.89. The Hall–Kier alpha value is -3.54. The lowest BCUT2D eigenvalue weighted by Crippen LogP contribution is -2.14. The average Bonchev–Trinajstić information content (AvgIpc) is 2.69. The van der Waals surface area contributed by atoms with Crippen LogP contribution in [0.5, 0.6) is 11.5 Å². The van der Waals surface area contributed by atoms with E-state index in [1.54, 1.807) is 32.5 Å². The summed E-state index contributed by atoms with van der Waals surface area (Å²) in [4.78, 5) is 16.7. The summed E-state index contributed by atoms with van der Waals surface area (Å²) in [6.45, 7) is 1.90. The molecule has 1 aromatic heterocycles. The van der Waals surface area contributed by atoms with Gasteiger partial charge in [0.05, 0.1) is 31.8 Å². The van der Waals surface area contributed by atoms with Gasteiger partial charge >= 0.3 is 0 Å². The SMILES string of the molecule is COc1ccc(OC)c(Nc2ccc(NC(=O)c3ccccc3C)nc2)c1. The van der Waals surface area contributed by atoms with Gasteiger partial charge in [0.15, 0.2) is 0 Å². The third-order valence-electron chi connectivity index (χ3n) is 4.08. The minimum absolute atomic E-state index is 0.184. The molecular weight excluding hydrogens is 342 g/mol.